The third-order valence-electron chi connectivity index (χ3n) is 3.80. The molecule has 1 aromatic carbocycles. The van der Waals surface area contributed by atoms with Crippen LogP contribution < -0.4 is 9.47 Å². The van der Waals surface area contributed by atoms with Crippen molar-refractivity contribution in [3.05, 3.63) is 28.8 Å². The Morgan fingerprint density at radius 3 is 2.48 bits per heavy atom. The van der Waals surface area contributed by atoms with Gasteiger partial charge in [-0.3, -0.25) is 9.59 Å². The molecule has 27 heavy (non-hydrogen) atoms. The van der Waals surface area contributed by atoms with Gasteiger partial charge in [0.25, 0.3) is 5.91 Å². The minimum Gasteiger partial charge on any atom is -0.493 e. The number of rotatable bonds is 9. The number of amides is 1. The largest absolute Gasteiger partial charge is 0.493 e. The van der Waals surface area contributed by atoms with Gasteiger partial charge < -0.3 is 24.2 Å². The van der Waals surface area contributed by atoms with Crippen LogP contribution in [0, 0.1) is 6.92 Å². The molecule has 9 heteroatoms. The van der Waals surface area contributed by atoms with Crippen LogP contribution in [-0.4, -0.2) is 67.9 Å². The quantitative estimate of drug-likeness (QED) is 0.697. The fourth-order valence-corrected chi connectivity index (χ4v) is 3.48. The van der Waals surface area contributed by atoms with Gasteiger partial charge in [0, 0.05) is 19.2 Å². The maximum atomic E-state index is 12.8. The molecule has 0 atom stereocenters. The summed E-state index contributed by atoms with van der Waals surface area (Å²) in [6.07, 6.45) is 0. The van der Waals surface area contributed by atoms with Crippen LogP contribution in [-0.2, 0) is 9.53 Å². The zero-order valence-corrected chi connectivity index (χ0v) is 16.5. The summed E-state index contributed by atoms with van der Waals surface area (Å²) >= 11 is 1.21. The second kappa shape index (κ2) is 9.33. The number of thiazole rings is 1. The first-order valence-electron chi connectivity index (χ1n) is 8.11. The molecule has 0 aliphatic carbocycles. The third-order valence-corrected chi connectivity index (χ3v) is 4.99. The minimum absolute atomic E-state index is 0.185. The van der Waals surface area contributed by atoms with Crippen LogP contribution in [0.3, 0.4) is 0 Å². The number of aryl methyl sites for hydroxylation is 1. The van der Waals surface area contributed by atoms with Crippen molar-refractivity contribution < 1.29 is 28.9 Å². The van der Waals surface area contributed by atoms with E-state index in [1.54, 1.807) is 33.3 Å². The zero-order chi connectivity index (χ0) is 20.0. The summed E-state index contributed by atoms with van der Waals surface area (Å²) in [6.45, 7) is 1.76. The molecule has 1 N–H and O–H groups in total. The number of carboxylic acids is 1. The molecule has 1 amide bonds. The van der Waals surface area contributed by atoms with E-state index in [0.717, 1.165) is 5.56 Å². The fraction of sp³-hybridized carbons (Fsp3) is 0.389. The lowest BCUT2D eigenvalue weighted by molar-refractivity contribution is -0.137. The Morgan fingerprint density at radius 1 is 1.19 bits per heavy atom. The van der Waals surface area contributed by atoms with E-state index < -0.39 is 12.5 Å². The van der Waals surface area contributed by atoms with Gasteiger partial charge in [0.05, 0.1) is 26.5 Å². The van der Waals surface area contributed by atoms with E-state index in [9.17, 15) is 9.59 Å². The number of carbonyl (C=O) groups excluding carboxylic acids is 1. The molecule has 0 unspecified atom stereocenters. The second-order valence-corrected chi connectivity index (χ2v) is 6.62. The van der Waals surface area contributed by atoms with E-state index in [-0.39, 0.29) is 19.1 Å². The van der Waals surface area contributed by atoms with Crippen LogP contribution in [0.5, 0.6) is 11.5 Å². The molecule has 0 fully saturated rings. The molecule has 8 nitrogen and oxygen atoms in total. The van der Waals surface area contributed by atoms with Gasteiger partial charge >= 0.3 is 5.97 Å². The summed E-state index contributed by atoms with van der Waals surface area (Å²) in [4.78, 5) is 30.0. The lowest BCUT2D eigenvalue weighted by atomic mass is 10.2. The first kappa shape index (κ1) is 20.7. The number of methoxy groups -OCH3 is 3. The molecule has 0 aliphatic heterocycles. The number of hydrogen-bond donors (Lipinski definition) is 1. The predicted octanol–water partition coefficient (Wildman–Crippen LogP) is 2.31. The fourth-order valence-electron chi connectivity index (χ4n) is 2.45. The minimum atomic E-state index is -1.08. The maximum absolute atomic E-state index is 12.8. The summed E-state index contributed by atoms with van der Waals surface area (Å²) < 4.78 is 15.5. The molecule has 2 rings (SSSR count). The van der Waals surface area contributed by atoms with E-state index in [2.05, 4.69) is 4.98 Å². The van der Waals surface area contributed by atoms with Gasteiger partial charge in [-0.1, -0.05) is 0 Å². The lowest BCUT2D eigenvalue weighted by Crippen LogP contribution is -2.37. The Kier molecular flexibility index (Phi) is 7.14. The van der Waals surface area contributed by atoms with Crippen molar-refractivity contribution in [2.24, 2.45) is 0 Å². The Labute approximate surface area is 161 Å². The van der Waals surface area contributed by atoms with Gasteiger partial charge in [0.2, 0.25) is 0 Å². The Hall–Kier alpha value is -2.65. The maximum Gasteiger partial charge on any atom is 0.323 e. The average molecular weight is 394 g/mol. The topological polar surface area (TPSA) is 98.2 Å². The highest BCUT2D eigenvalue weighted by atomic mass is 32.1. The Balaban J connectivity index is 2.34. The van der Waals surface area contributed by atoms with Crippen molar-refractivity contribution >= 4 is 23.2 Å². The highest BCUT2D eigenvalue weighted by Crippen LogP contribution is 2.35. The number of aliphatic carboxylic acids is 1. The predicted molar refractivity (Wildman–Crippen MR) is 101 cm³/mol. The first-order valence-corrected chi connectivity index (χ1v) is 8.92. The van der Waals surface area contributed by atoms with Crippen LogP contribution in [0.15, 0.2) is 18.2 Å². The van der Waals surface area contributed by atoms with Crippen molar-refractivity contribution in [3.8, 4) is 22.1 Å². The van der Waals surface area contributed by atoms with E-state index in [4.69, 9.17) is 19.3 Å². The number of ether oxygens (including phenoxy) is 3. The molecule has 0 bridgehead atoms. The first-order chi connectivity index (χ1) is 12.9. The number of hydrogen-bond acceptors (Lipinski definition) is 7. The van der Waals surface area contributed by atoms with Gasteiger partial charge in [-0.05, 0) is 25.1 Å². The molecule has 1 heterocycles. The molecule has 0 radical (unpaired) electrons. The van der Waals surface area contributed by atoms with Crippen molar-refractivity contribution in [3.63, 3.8) is 0 Å². The summed E-state index contributed by atoms with van der Waals surface area (Å²) in [7, 11) is 4.60. The molecule has 0 spiro atoms. The highest BCUT2D eigenvalue weighted by Gasteiger charge is 2.24. The molecular weight excluding hydrogens is 372 g/mol. The van der Waals surface area contributed by atoms with E-state index >= 15 is 0 Å². The molecule has 0 saturated carbocycles. The normalized spacial score (nSPS) is 10.5. The van der Waals surface area contributed by atoms with Gasteiger partial charge in [-0.25, -0.2) is 4.98 Å². The smallest absolute Gasteiger partial charge is 0.323 e. The Morgan fingerprint density at radius 2 is 1.89 bits per heavy atom. The Bertz CT molecular complexity index is 820. The van der Waals surface area contributed by atoms with Gasteiger partial charge in [-0.2, -0.15) is 0 Å². The molecular formula is C18H22N2O6S. The number of carbonyl (C=O) groups is 2. The van der Waals surface area contributed by atoms with Gasteiger partial charge in [-0.15, -0.1) is 11.3 Å². The molecule has 1 aromatic heterocycles. The zero-order valence-electron chi connectivity index (χ0n) is 15.6. The van der Waals surface area contributed by atoms with Crippen molar-refractivity contribution in [2.75, 3.05) is 41.0 Å². The standard InChI is InChI=1S/C18H22N2O6S/c1-11-16(18(23)20(7-8-24-2)10-15(21)22)27-17(19-11)12-5-6-13(25-3)14(9-12)26-4/h5-6,9H,7-8,10H2,1-4H3,(H,21,22). The molecule has 146 valence electrons. The SMILES string of the molecule is COCCN(CC(=O)O)C(=O)c1sc(-c2ccc(OC)c(OC)c2)nc1C. The highest BCUT2D eigenvalue weighted by molar-refractivity contribution is 7.17. The summed E-state index contributed by atoms with van der Waals surface area (Å²) in [5.74, 6) is -0.306. The van der Waals surface area contributed by atoms with E-state index in [1.807, 2.05) is 6.07 Å². The van der Waals surface area contributed by atoms with Crippen LogP contribution in [0.25, 0.3) is 10.6 Å². The summed E-state index contributed by atoms with van der Waals surface area (Å²) in [6, 6.07) is 5.38. The van der Waals surface area contributed by atoms with Gasteiger partial charge in [0.1, 0.15) is 16.4 Å². The number of benzene rings is 1. The second-order valence-electron chi connectivity index (χ2n) is 5.62. The monoisotopic (exact) mass is 394 g/mol. The average Bonchev–Trinajstić information content (AvgIpc) is 3.05. The van der Waals surface area contributed by atoms with E-state index in [1.165, 1.54) is 23.3 Å². The summed E-state index contributed by atoms with van der Waals surface area (Å²) in [5.41, 5.74) is 1.32. The number of carboxylic acid groups (broad SMARTS) is 1. The van der Waals surface area contributed by atoms with Crippen LogP contribution in [0.4, 0.5) is 0 Å². The summed E-state index contributed by atoms with van der Waals surface area (Å²) in [5, 5.41) is 9.70. The van der Waals surface area contributed by atoms with Crippen molar-refractivity contribution in [1.82, 2.24) is 9.88 Å². The van der Waals surface area contributed by atoms with Crippen LogP contribution in [0.2, 0.25) is 0 Å². The molecule has 0 saturated heterocycles. The van der Waals surface area contributed by atoms with Crippen molar-refractivity contribution in [1.29, 1.82) is 0 Å². The van der Waals surface area contributed by atoms with Crippen molar-refractivity contribution in [2.45, 2.75) is 6.92 Å². The number of nitrogens with zero attached hydrogens (tertiary/aromatic N) is 2. The van der Waals surface area contributed by atoms with Crippen LogP contribution >= 0.6 is 11.3 Å². The third kappa shape index (κ3) is 4.95. The van der Waals surface area contributed by atoms with Crippen LogP contribution in [0.1, 0.15) is 15.4 Å². The lowest BCUT2D eigenvalue weighted by Gasteiger charge is -2.19. The van der Waals surface area contributed by atoms with Gasteiger partial charge in [0.15, 0.2) is 11.5 Å². The molecule has 0 aliphatic rings. The van der Waals surface area contributed by atoms with E-state index in [0.29, 0.717) is 27.1 Å². The number of aromatic nitrogens is 1. The molecule has 2 aromatic rings.